The third kappa shape index (κ3) is 3.94. The van der Waals surface area contributed by atoms with E-state index in [-0.39, 0.29) is 5.91 Å². The Morgan fingerprint density at radius 1 is 1.00 bits per heavy atom. The number of piperazine rings is 1. The van der Waals surface area contributed by atoms with Crippen molar-refractivity contribution in [2.45, 2.75) is 39.5 Å². The number of anilines is 2. The minimum Gasteiger partial charge on any atom is -0.368 e. The monoisotopic (exact) mass is 473 g/mol. The summed E-state index contributed by atoms with van der Waals surface area (Å²) in [4.78, 5) is 17.7. The second-order valence-electron chi connectivity index (χ2n) is 9.45. The van der Waals surface area contributed by atoms with E-state index >= 15 is 0 Å². The van der Waals surface area contributed by atoms with Crippen LogP contribution in [0.15, 0.2) is 48.5 Å². The first-order chi connectivity index (χ1) is 16.5. The normalized spacial score (nSPS) is 14.8. The van der Waals surface area contributed by atoms with Crippen molar-refractivity contribution in [2.75, 3.05) is 36.0 Å². The first kappa shape index (κ1) is 22.8. The Labute approximate surface area is 207 Å². The molecule has 0 unspecified atom stereocenters. The summed E-state index contributed by atoms with van der Waals surface area (Å²) in [5.74, 6) is -0.312. The number of rotatable bonds is 6. The number of carbonyl (C=O) groups is 1. The number of halogens is 1. The fourth-order valence-electron chi connectivity index (χ4n) is 5.61. The van der Waals surface area contributed by atoms with E-state index < -0.39 is 0 Å². The Morgan fingerprint density at radius 2 is 1.74 bits per heavy atom. The van der Waals surface area contributed by atoms with Crippen molar-refractivity contribution >= 4 is 28.9 Å². The number of nitrogens with two attached hydrogens (primary N) is 1. The maximum atomic E-state index is 12.9. The Hall–Kier alpha value is -2.98. The lowest BCUT2D eigenvalue weighted by atomic mass is 9.91. The topological polar surface area (TPSA) is 49.6 Å². The number of primary amides is 1. The highest BCUT2D eigenvalue weighted by atomic mass is 35.5. The minimum absolute atomic E-state index is 0.312. The first-order valence-electron chi connectivity index (χ1n) is 12.3. The summed E-state index contributed by atoms with van der Waals surface area (Å²) >= 11 is 6.39. The Bertz CT molecular complexity index is 1240. The number of benzene rings is 3. The largest absolute Gasteiger partial charge is 0.368 e. The average Bonchev–Trinajstić information content (AvgIpc) is 3.22. The molecule has 0 atom stereocenters. The molecule has 0 aromatic heterocycles. The molecule has 1 heterocycles. The molecular weight excluding hydrogens is 442 g/mol. The van der Waals surface area contributed by atoms with Gasteiger partial charge in [-0.15, -0.1) is 0 Å². The van der Waals surface area contributed by atoms with Gasteiger partial charge in [-0.1, -0.05) is 55.3 Å². The van der Waals surface area contributed by atoms with Gasteiger partial charge in [-0.2, -0.15) is 0 Å². The van der Waals surface area contributed by atoms with Crippen LogP contribution in [0.25, 0.3) is 11.1 Å². The molecule has 1 amide bonds. The summed E-state index contributed by atoms with van der Waals surface area (Å²) in [6.07, 6.45) is 3.85. The van der Waals surface area contributed by atoms with Crippen LogP contribution in [-0.4, -0.2) is 32.1 Å². The van der Waals surface area contributed by atoms with Crippen molar-refractivity contribution < 1.29 is 4.79 Å². The number of hydrogen-bond acceptors (Lipinski definition) is 3. The smallest absolute Gasteiger partial charge is 0.251 e. The summed E-state index contributed by atoms with van der Waals surface area (Å²) in [5, 5.41) is 0.801. The first-order valence-corrected chi connectivity index (χ1v) is 12.7. The molecule has 0 radical (unpaired) electrons. The van der Waals surface area contributed by atoms with Gasteiger partial charge in [-0.05, 0) is 71.3 Å². The molecule has 3 aromatic rings. The Morgan fingerprint density at radius 3 is 2.47 bits per heavy atom. The van der Waals surface area contributed by atoms with Crippen molar-refractivity contribution in [3.63, 3.8) is 0 Å². The molecule has 2 aliphatic rings. The molecule has 5 rings (SSSR count). The van der Waals surface area contributed by atoms with E-state index in [9.17, 15) is 4.79 Å². The molecule has 0 bridgehead atoms. The molecule has 5 heteroatoms. The zero-order valence-electron chi connectivity index (χ0n) is 20.0. The van der Waals surface area contributed by atoms with Gasteiger partial charge in [-0.3, -0.25) is 4.79 Å². The van der Waals surface area contributed by atoms with Crippen LogP contribution >= 0.6 is 11.6 Å². The van der Waals surface area contributed by atoms with Gasteiger partial charge < -0.3 is 15.5 Å². The van der Waals surface area contributed by atoms with Crippen molar-refractivity contribution in [1.29, 1.82) is 0 Å². The second-order valence-corrected chi connectivity index (χ2v) is 9.85. The van der Waals surface area contributed by atoms with Crippen LogP contribution in [-0.2, 0) is 12.8 Å². The van der Waals surface area contributed by atoms with Gasteiger partial charge in [0, 0.05) is 43.3 Å². The van der Waals surface area contributed by atoms with Gasteiger partial charge in [0.15, 0.2) is 0 Å². The van der Waals surface area contributed by atoms with Crippen LogP contribution in [0, 0.1) is 6.92 Å². The van der Waals surface area contributed by atoms with Crippen molar-refractivity contribution in [1.82, 2.24) is 0 Å². The van der Waals surface area contributed by atoms with E-state index in [0.29, 0.717) is 0 Å². The highest BCUT2D eigenvalue weighted by Gasteiger charge is 2.31. The molecule has 1 fully saturated rings. The number of aryl methyl sites for hydroxylation is 1. The molecular formula is C29H32ClN3O. The summed E-state index contributed by atoms with van der Waals surface area (Å²) in [6.45, 7) is 7.69. The lowest BCUT2D eigenvalue weighted by molar-refractivity contribution is 0.0999. The number of hydrogen-bond donors (Lipinski definition) is 1. The molecule has 0 spiro atoms. The molecule has 1 aliphatic carbocycles. The van der Waals surface area contributed by atoms with E-state index in [1.807, 2.05) is 12.1 Å². The molecule has 176 valence electrons. The van der Waals surface area contributed by atoms with E-state index in [1.165, 1.54) is 27.9 Å². The molecule has 34 heavy (non-hydrogen) atoms. The van der Waals surface area contributed by atoms with Gasteiger partial charge >= 0.3 is 0 Å². The van der Waals surface area contributed by atoms with Gasteiger partial charge in [0.25, 0.3) is 5.91 Å². The quantitative estimate of drug-likeness (QED) is 0.374. The lowest BCUT2D eigenvalue weighted by Gasteiger charge is -2.40. The molecule has 0 saturated carbocycles. The molecule has 4 nitrogen and oxygen atoms in total. The van der Waals surface area contributed by atoms with Crippen LogP contribution in [0.4, 0.5) is 11.4 Å². The minimum atomic E-state index is -0.312. The maximum absolute atomic E-state index is 12.9. The van der Waals surface area contributed by atoms with Crippen LogP contribution in [0.2, 0.25) is 5.02 Å². The maximum Gasteiger partial charge on any atom is 0.251 e. The fourth-order valence-corrected chi connectivity index (χ4v) is 5.78. The molecule has 2 N–H and O–H groups in total. The van der Waals surface area contributed by atoms with Crippen LogP contribution in [0.3, 0.4) is 0 Å². The standard InChI is InChI=1S/C29H32ClN3O/c1-3-4-8-21-18-23-22-10-6-5-9-20(22)17-24(23)28(27(21)29(31)34)33-15-13-32(14-16-33)26-12-7-11-25(30)19(26)2/h5-7,9-12,18H,3-4,8,13-17H2,1-2H3,(H2,31,34). The predicted octanol–water partition coefficient (Wildman–Crippen LogP) is 5.99. The highest BCUT2D eigenvalue weighted by Crippen LogP contribution is 2.45. The zero-order chi connectivity index (χ0) is 23.8. The number of fused-ring (bicyclic) bond motifs is 3. The third-order valence-electron chi connectivity index (χ3n) is 7.38. The Balaban J connectivity index is 1.55. The van der Waals surface area contributed by atoms with Crippen molar-refractivity contribution in [3.8, 4) is 11.1 Å². The van der Waals surface area contributed by atoms with Crippen molar-refractivity contribution in [3.05, 3.63) is 81.4 Å². The summed E-state index contributed by atoms with van der Waals surface area (Å²) in [7, 11) is 0. The average molecular weight is 474 g/mol. The van der Waals surface area contributed by atoms with Gasteiger partial charge in [0.05, 0.1) is 11.3 Å². The van der Waals surface area contributed by atoms with Crippen molar-refractivity contribution in [2.24, 2.45) is 5.73 Å². The molecule has 3 aromatic carbocycles. The van der Waals surface area contributed by atoms with E-state index in [2.05, 4.69) is 60.0 Å². The zero-order valence-corrected chi connectivity index (χ0v) is 20.8. The predicted molar refractivity (Wildman–Crippen MR) is 142 cm³/mol. The lowest BCUT2D eigenvalue weighted by Crippen LogP contribution is -2.47. The van der Waals surface area contributed by atoms with Crippen LogP contribution in [0.5, 0.6) is 0 Å². The van der Waals surface area contributed by atoms with Gasteiger partial charge in [0.2, 0.25) is 0 Å². The van der Waals surface area contributed by atoms with E-state index in [4.69, 9.17) is 17.3 Å². The molecule has 1 aliphatic heterocycles. The number of amides is 1. The number of nitrogens with zero attached hydrogens (tertiary/aromatic N) is 2. The number of carbonyl (C=O) groups excluding carboxylic acids is 1. The summed E-state index contributed by atoms with van der Waals surface area (Å²) in [5.41, 5.74) is 16.4. The summed E-state index contributed by atoms with van der Waals surface area (Å²) in [6, 6.07) is 17.0. The highest BCUT2D eigenvalue weighted by molar-refractivity contribution is 6.31. The van der Waals surface area contributed by atoms with Crippen LogP contribution < -0.4 is 15.5 Å². The SMILES string of the molecule is CCCCc1cc2c(c(N3CCN(c4cccc(Cl)c4C)CC3)c1C(N)=O)Cc1ccccc1-2. The Kier molecular flexibility index (Phi) is 6.26. The van der Waals surface area contributed by atoms with Gasteiger partial charge in [-0.25, -0.2) is 0 Å². The number of unbranched alkanes of at least 4 members (excludes halogenated alkanes) is 1. The summed E-state index contributed by atoms with van der Waals surface area (Å²) < 4.78 is 0. The van der Waals surface area contributed by atoms with E-state index in [0.717, 1.165) is 79.3 Å². The van der Waals surface area contributed by atoms with Crippen LogP contribution in [0.1, 0.15) is 52.4 Å². The van der Waals surface area contributed by atoms with E-state index in [1.54, 1.807) is 0 Å². The third-order valence-corrected chi connectivity index (χ3v) is 7.79. The fraction of sp³-hybridized carbons (Fsp3) is 0.345. The van der Waals surface area contributed by atoms with Gasteiger partial charge in [0.1, 0.15) is 0 Å². The second kappa shape index (κ2) is 9.34. The molecule has 1 saturated heterocycles.